The Morgan fingerprint density at radius 1 is 0.676 bits per heavy atom. The molecule has 1 fully saturated rings. The number of carbonyl (C=O) groups is 2. The van der Waals surface area contributed by atoms with Crippen molar-refractivity contribution in [3.8, 4) is 0 Å². The minimum Gasteiger partial charge on any atom is -0.297 e. The van der Waals surface area contributed by atoms with E-state index in [4.69, 9.17) is 4.98 Å². The van der Waals surface area contributed by atoms with Crippen molar-refractivity contribution in [1.29, 1.82) is 0 Å². The lowest BCUT2D eigenvalue weighted by Gasteiger charge is -2.43. The highest BCUT2D eigenvalue weighted by atomic mass is 16.2. The number of carbonyl (C=O) groups excluding carboxylic acids is 2. The molecule has 2 heterocycles. The molecule has 2 aliphatic rings. The highest BCUT2D eigenvalue weighted by Crippen LogP contribution is 2.42. The summed E-state index contributed by atoms with van der Waals surface area (Å²) in [7, 11) is 0. The second kappa shape index (κ2) is 8.28. The monoisotopic (exact) mass is 447 g/mol. The Morgan fingerprint density at radius 2 is 1.29 bits per heavy atom. The first-order chi connectivity index (χ1) is 16.7. The molecule has 1 aliphatic carbocycles. The first-order valence-corrected chi connectivity index (χ1v) is 11.7. The zero-order valence-electron chi connectivity index (χ0n) is 18.9. The number of aromatic nitrogens is 1. The van der Waals surface area contributed by atoms with E-state index in [2.05, 4.69) is 34.1 Å². The second-order valence-electron chi connectivity index (χ2n) is 9.05. The summed E-state index contributed by atoms with van der Waals surface area (Å²) in [5.41, 5.74) is 2.16. The van der Waals surface area contributed by atoms with Gasteiger partial charge in [0.25, 0.3) is 0 Å². The molecule has 0 amide bonds. The van der Waals surface area contributed by atoms with E-state index in [-0.39, 0.29) is 11.6 Å². The normalized spacial score (nSPS) is 18.4. The zero-order chi connectivity index (χ0) is 23.1. The number of Topliss-reactive ketones (excluding diaryl/α,β-unsaturated/α-hetero) is 2. The predicted octanol–water partition coefficient (Wildman–Crippen LogP) is 4.33. The molecule has 0 saturated carbocycles. The van der Waals surface area contributed by atoms with Crippen LogP contribution in [0.4, 0.5) is 0 Å². The molecule has 5 nitrogen and oxygen atoms in total. The van der Waals surface area contributed by atoms with E-state index in [1.165, 1.54) is 5.56 Å². The van der Waals surface area contributed by atoms with Gasteiger partial charge < -0.3 is 0 Å². The van der Waals surface area contributed by atoms with Crippen molar-refractivity contribution < 1.29 is 9.59 Å². The summed E-state index contributed by atoms with van der Waals surface area (Å²) in [6.07, 6.45) is 0. The fraction of sp³-hybridized carbons (Fsp3) is 0.207. The van der Waals surface area contributed by atoms with E-state index in [0.717, 1.165) is 30.5 Å². The third-order valence-corrected chi connectivity index (χ3v) is 7.14. The minimum atomic E-state index is -1.41. The third kappa shape index (κ3) is 3.20. The Balaban J connectivity index is 1.39. The van der Waals surface area contributed by atoms with Gasteiger partial charge in [0.15, 0.2) is 17.1 Å². The van der Waals surface area contributed by atoms with Gasteiger partial charge in [0.2, 0.25) is 0 Å². The molecule has 0 unspecified atom stereocenters. The SMILES string of the molecule is O=C1c2ccccc2C(=O)C1(c1ccc2ccccc2n1)N1CCN(Cc2ccccc2)CC1. The van der Waals surface area contributed by atoms with E-state index >= 15 is 0 Å². The van der Waals surface area contributed by atoms with Crippen LogP contribution in [0.15, 0.2) is 91.0 Å². The molecule has 1 saturated heterocycles. The summed E-state index contributed by atoms with van der Waals surface area (Å²) >= 11 is 0. The van der Waals surface area contributed by atoms with E-state index < -0.39 is 5.54 Å². The minimum absolute atomic E-state index is 0.160. The Kier molecular flexibility index (Phi) is 5.09. The summed E-state index contributed by atoms with van der Waals surface area (Å²) < 4.78 is 0. The van der Waals surface area contributed by atoms with Gasteiger partial charge in [-0.2, -0.15) is 0 Å². The summed E-state index contributed by atoms with van der Waals surface area (Å²) in [6, 6.07) is 29.2. The van der Waals surface area contributed by atoms with Crippen molar-refractivity contribution in [2.45, 2.75) is 12.1 Å². The zero-order valence-corrected chi connectivity index (χ0v) is 18.9. The van der Waals surface area contributed by atoms with Crippen LogP contribution in [0.2, 0.25) is 0 Å². The van der Waals surface area contributed by atoms with Gasteiger partial charge in [-0.05, 0) is 17.7 Å². The van der Waals surface area contributed by atoms with Crippen molar-refractivity contribution in [3.05, 3.63) is 113 Å². The fourth-order valence-corrected chi connectivity index (χ4v) is 5.40. The molecule has 0 radical (unpaired) electrons. The van der Waals surface area contributed by atoms with Crippen LogP contribution >= 0.6 is 0 Å². The molecule has 0 bridgehead atoms. The van der Waals surface area contributed by atoms with E-state index in [9.17, 15) is 9.59 Å². The average Bonchev–Trinajstić information content (AvgIpc) is 3.12. The van der Waals surface area contributed by atoms with Crippen LogP contribution in [0, 0.1) is 0 Å². The van der Waals surface area contributed by atoms with Crippen LogP contribution in [0.25, 0.3) is 10.9 Å². The Hall–Kier alpha value is -3.67. The van der Waals surface area contributed by atoms with Crippen molar-refractivity contribution in [2.75, 3.05) is 26.2 Å². The topological polar surface area (TPSA) is 53.5 Å². The van der Waals surface area contributed by atoms with Crippen LogP contribution < -0.4 is 0 Å². The number of piperazine rings is 1. The molecule has 0 atom stereocenters. The Bertz CT molecular complexity index is 1360. The van der Waals surface area contributed by atoms with Gasteiger partial charge >= 0.3 is 0 Å². The maximum absolute atomic E-state index is 14.0. The van der Waals surface area contributed by atoms with Gasteiger partial charge in [0.05, 0.1) is 11.2 Å². The van der Waals surface area contributed by atoms with Crippen molar-refractivity contribution in [2.24, 2.45) is 0 Å². The maximum Gasteiger partial charge on any atom is 0.198 e. The number of benzene rings is 3. The molecule has 4 aromatic rings. The van der Waals surface area contributed by atoms with Gasteiger partial charge in [-0.15, -0.1) is 0 Å². The second-order valence-corrected chi connectivity index (χ2v) is 9.05. The highest BCUT2D eigenvalue weighted by Gasteiger charge is 2.59. The van der Waals surface area contributed by atoms with Crippen LogP contribution in [-0.2, 0) is 12.1 Å². The number of hydrogen-bond donors (Lipinski definition) is 0. The van der Waals surface area contributed by atoms with Crippen LogP contribution in [0.1, 0.15) is 32.0 Å². The number of pyridine rings is 1. The number of fused-ring (bicyclic) bond motifs is 2. The first kappa shape index (κ1) is 20.9. The van der Waals surface area contributed by atoms with Crippen molar-refractivity contribution >= 4 is 22.5 Å². The maximum atomic E-state index is 14.0. The number of rotatable bonds is 4. The van der Waals surface area contributed by atoms with Gasteiger partial charge in [-0.3, -0.25) is 19.4 Å². The van der Waals surface area contributed by atoms with Gasteiger partial charge in [-0.25, -0.2) is 4.98 Å². The molecular formula is C29H25N3O2. The third-order valence-electron chi connectivity index (χ3n) is 7.14. The molecular weight excluding hydrogens is 422 g/mol. The fourth-order valence-electron chi connectivity index (χ4n) is 5.40. The molecule has 34 heavy (non-hydrogen) atoms. The largest absolute Gasteiger partial charge is 0.297 e. The highest BCUT2D eigenvalue weighted by molar-refractivity contribution is 6.32. The van der Waals surface area contributed by atoms with E-state index in [1.807, 2.05) is 54.6 Å². The van der Waals surface area contributed by atoms with Crippen LogP contribution in [0.5, 0.6) is 0 Å². The smallest absolute Gasteiger partial charge is 0.198 e. The lowest BCUT2D eigenvalue weighted by Crippen LogP contribution is -2.60. The number of para-hydroxylation sites is 1. The molecule has 6 rings (SSSR count). The number of nitrogens with zero attached hydrogens (tertiary/aromatic N) is 3. The molecule has 0 spiro atoms. The molecule has 0 N–H and O–H groups in total. The summed E-state index contributed by atoms with van der Waals surface area (Å²) in [4.78, 5) is 37.4. The van der Waals surface area contributed by atoms with Crippen molar-refractivity contribution in [3.63, 3.8) is 0 Å². The van der Waals surface area contributed by atoms with E-state index in [1.54, 1.807) is 12.1 Å². The number of hydrogen-bond acceptors (Lipinski definition) is 5. The Labute approximate surface area is 198 Å². The lowest BCUT2D eigenvalue weighted by atomic mass is 9.85. The molecule has 1 aliphatic heterocycles. The molecule has 1 aromatic heterocycles. The Morgan fingerprint density at radius 3 is 2.00 bits per heavy atom. The quantitative estimate of drug-likeness (QED) is 0.436. The van der Waals surface area contributed by atoms with Crippen LogP contribution in [-0.4, -0.2) is 52.5 Å². The van der Waals surface area contributed by atoms with Crippen molar-refractivity contribution in [1.82, 2.24) is 14.8 Å². The molecule has 3 aromatic carbocycles. The van der Waals surface area contributed by atoms with Gasteiger partial charge in [-0.1, -0.05) is 78.9 Å². The molecule has 168 valence electrons. The first-order valence-electron chi connectivity index (χ1n) is 11.7. The van der Waals surface area contributed by atoms with E-state index in [0.29, 0.717) is 29.9 Å². The lowest BCUT2D eigenvalue weighted by molar-refractivity contribution is 0.0267. The summed E-state index contributed by atoms with van der Waals surface area (Å²) in [5, 5.41) is 0.990. The van der Waals surface area contributed by atoms with Gasteiger partial charge in [0, 0.05) is 49.2 Å². The molecule has 5 heteroatoms. The predicted molar refractivity (Wildman–Crippen MR) is 132 cm³/mol. The van der Waals surface area contributed by atoms with Crippen LogP contribution in [0.3, 0.4) is 0 Å². The van der Waals surface area contributed by atoms with Gasteiger partial charge in [0.1, 0.15) is 0 Å². The average molecular weight is 448 g/mol. The summed E-state index contributed by atoms with van der Waals surface area (Å²) in [6.45, 7) is 3.65. The standard InChI is InChI=1S/C29H25N3O2/c33-27-23-11-5-6-12-24(23)28(34)29(27,26-15-14-22-10-4-7-13-25(22)30-26)32-18-16-31(17-19-32)20-21-8-2-1-3-9-21/h1-15H,16-20H2. The summed E-state index contributed by atoms with van der Waals surface area (Å²) in [5.74, 6) is -0.320. The number of ketones is 2.